The summed E-state index contributed by atoms with van der Waals surface area (Å²) < 4.78 is 5.15. The SMILES string of the molecule is CC(C)(C)OC(=O)NCCNCCN1CCCCC1. The topological polar surface area (TPSA) is 53.6 Å². The van der Waals surface area contributed by atoms with E-state index in [4.69, 9.17) is 4.74 Å². The first-order chi connectivity index (χ1) is 8.97. The number of piperidine rings is 1. The third kappa shape index (κ3) is 8.83. The van der Waals surface area contributed by atoms with Crippen molar-refractivity contribution in [3.8, 4) is 0 Å². The van der Waals surface area contributed by atoms with Gasteiger partial charge in [0.2, 0.25) is 0 Å². The molecule has 1 aliphatic rings. The summed E-state index contributed by atoms with van der Waals surface area (Å²) >= 11 is 0. The fourth-order valence-corrected chi connectivity index (χ4v) is 2.11. The van der Waals surface area contributed by atoms with Crippen LogP contribution >= 0.6 is 0 Å². The first-order valence-electron chi connectivity index (χ1n) is 7.37. The molecular formula is C14H29N3O2. The zero-order valence-corrected chi connectivity index (χ0v) is 12.6. The van der Waals surface area contributed by atoms with Gasteiger partial charge in [0.05, 0.1) is 0 Å². The van der Waals surface area contributed by atoms with Crippen molar-refractivity contribution in [3.05, 3.63) is 0 Å². The van der Waals surface area contributed by atoms with Crippen LogP contribution in [0.15, 0.2) is 0 Å². The van der Waals surface area contributed by atoms with Crippen LogP contribution in [0.5, 0.6) is 0 Å². The van der Waals surface area contributed by atoms with Crippen molar-refractivity contribution < 1.29 is 9.53 Å². The number of nitrogens with one attached hydrogen (secondary N) is 2. The van der Waals surface area contributed by atoms with Gasteiger partial charge < -0.3 is 20.3 Å². The van der Waals surface area contributed by atoms with E-state index in [1.165, 1.54) is 32.4 Å². The molecule has 0 spiro atoms. The van der Waals surface area contributed by atoms with Gasteiger partial charge in [-0.3, -0.25) is 0 Å². The van der Waals surface area contributed by atoms with Crippen LogP contribution in [-0.2, 0) is 4.74 Å². The largest absolute Gasteiger partial charge is 0.444 e. The summed E-state index contributed by atoms with van der Waals surface area (Å²) in [6, 6.07) is 0. The van der Waals surface area contributed by atoms with Gasteiger partial charge in [0.1, 0.15) is 5.60 Å². The Morgan fingerprint density at radius 3 is 2.42 bits per heavy atom. The minimum Gasteiger partial charge on any atom is -0.444 e. The maximum atomic E-state index is 11.4. The Balaban J connectivity index is 1.92. The fraction of sp³-hybridized carbons (Fsp3) is 0.929. The van der Waals surface area contributed by atoms with E-state index in [1.54, 1.807) is 0 Å². The van der Waals surface area contributed by atoms with Gasteiger partial charge in [-0.1, -0.05) is 6.42 Å². The lowest BCUT2D eigenvalue weighted by Gasteiger charge is -2.26. The minimum atomic E-state index is -0.425. The summed E-state index contributed by atoms with van der Waals surface area (Å²) in [6.45, 7) is 11.5. The molecular weight excluding hydrogens is 242 g/mol. The third-order valence-corrected chi connectivity index (χ3v) is 3.02. The summed E-state index contributed by atoms with van der Waals surface area (Å²) in [4.78, 5) is 13.9. The van der Waals surface area contributed by atoms with Crippen LogP contribution in [0.4, 0.5) is 4.79 Å². The normalized spacial score (nSPS) is 17.2. The van der Waals surface area contributed by atoms with Crippen molar-refractivity contribution in [3.63, 3.8) is 0 Å². The van der Waals surface area contributed by atoms with Crippen LogP contribution in [0.2, 0.25) is 0 Å². The lowest BCUT2D eigenvalue weighted by molar-refractivity contribution is 0.0528. The molecule has 1 heterocycles. The standard InChI is InChI=1S/C14H29N3O2/c1-14(2,3)19-13(18)16-8-7-15-9-12-17-10-5-4-6-11-17/h15H,4-12H2,1-3H3,(H,16,18). The number of amides is 1. The molecule has 0 aromatic carbocycles. The van der Waals surface area contributed by atoms with Gasteiger partial charge in [0.25, 0.3) is 0 Å². The lowest BCUT2D eigenvalue weighted by Crippen LogP contribution is -2.39. The highest BCUT2D eigenvalue weighted by molar-refractivity contribution is 5.67. The number of nitrogens with zero attached hydrogens (tertiary/aromatic N) is 1. The highest BCUT2D eigenvalue weighted by Crippen LogP contribution is 2.07. The number of rotatable bonds is 6. The van der Waals surface area contributed by atoms with Gasteiger partial charge in [0.15, 0.2) is 0 Å². The lowest BCUT2D eigenvalue weighted by atomic mass is 10.1. The third-order valence-electron chi connectivity index (χ3n) is 3.02. The molecule has 0 atom stereocenters. The van der Waals surface area contributed by atoms with E-state index in [0.717, 1.165) is 19.6 Å². The minimum absolute atomic E-state index is 0.342. The van der Waals surface area contributed by atoms with E-state index < -0.39 is 5.60 Å². The molecule has 0 aromatic heterocycles. The molecule has 1 saturated heterocycles. The van der Waals surface area contributed by atoms with Crippen LogP contribution in [0, 0.1) is 0 Å². The maximum absolute atomic E-state index is 11.4. The molecule has 0 saturated carbocycles. The molecule has 0 aliphatic carbocycles. The molecule has 1 rings (SSSR count). The first kappa shape index (κ1) is 16.2. The number of hydrogen-bond donors (Lipinski definition) is 2. The number of hydrogen-bond acceptors (Lipinski definition) is 4. The van der Waals surface area contributed by atoms with Crippen LogP contribution in [0.25, 0.3) is 0 Å². The van der Waals surface area contributed by atoms with Crippen molar-refractivity contribution in [1.29, 1.82) is 0 Å². The number of carbonyl (C=O) groups is 1. The Labute approximate surface area is 117 Å². The van der Waals surface area contributed by atoms with E-state index in [0.29, 0.717) is 6.54 Å². The number of carbonyl (C=O) groups excluding carboxylic acids is 1. The number of alkyl carbamates (subject to hydrolysis) is 1. The van der Waals surface area contributed by atoms with E-state index in [9.17, 15) is 4.79 Å². The molecule has 1 fully saturated rings. The molecule has 19 heavy (non-hydrogen) atoms. The molecule has 2 N–H and O–H groups in total. The Bertz CT molecular complexity index is 258. The smallest absolute Gasteiger partial charge is 0.407 e. The second-order valence-electron chi connectivity index (χ2n) is 6.08. The van der Waals surface area contributed by atoms with Gasteiger partial charge >= 0.3 is 6.09 Å². The van der Waals surface area contributed by atoms with Crippen molar-refractivity contribution in [2.45, 2.75) is 45.6 Å². The van der Waals surface area contributed by atoms with Crippen LogP contribution in [-0.4, -0.2) is 55.9 Å². The zero-order valence-electron chi connectivity index (χ0n) is 12.6. The van der Waals surface area contributed by atoms with Crippen molar-refractivity contribution in [2.24, 2.45) is 0 Å². The van der Waals surface area contributed by atoms with E-state index in [2.05, 4.69) is 15.5 Å². The molecule has 0 unspecified atom stereocenters. The molecule has 5 heteroatoms. The zero-order chi connectivity index (χ0) is 14.1. The maximum Gasteiger partial charge on any atom is 0.407 e. The Morgan fingerprint density at radius 1 is 1.11 bits per heavy atom. The Hall–Kier alpha value is -0.810. The second kappa shape index (κ2) is 8.38. The van der Waals surface area contributed by atoms with E-state index in [-0.39, 0.29) is 6.09 Å². The molecule has 0 bridgehead atoms. The monoisotopic (exact) mass is 271 g/mol. The summed E-state index contributed by atoms with van der Waals surface area (Å²) in [5, 5.41) is 6.08. The molecule has 112 valence electrons. The number of likely N-dealkylation sites (tertiary alicyclic amines) is 1. The van der Waals surface area contributed by atoms with E-state index in [1.807, 2.05) is 20.8 Å². The Kier molecular flexibility index (Phi) is 7.16. The van der Waals surface area contributed by atoms with Gasteiger partial charge in [0, 0.05) is 26.2 Å². The van der Waals surface area contributed by atoms with Gasteiger partial charge in [-0.2, -0.15) is 0 Å². The van der Waals surface area contributed by atoms with Crippen LogP contribution in [0.3, 0.4) is 0 Å². The predicted octanol–water partition coefficient (Wildman–Crippen LogP) is 1.59. The molecule has 5 nitrogen and oxygen atoms in total. The molecule has 0 aromatic rings. The highest BCUT2D eigenvalue weighted by atomic mass is 16.6. The van der Waals surface area contributed by atoms with E-state index >= 15 is 0 Å². The van der Waals surface area contributed by atoms with Gasteiger partial charge in [-0.15, -0.1) is 0 Å². The number of ether oxygens (including phenoxy) is 1. The average Bonchev–Trinajstić information content (AvgIpc) is 2.32. The summed E-state index contributed by atoms with van der Waals surface area (Å²) in [5.41, 5.74) is -0.425. The van der Waals surface area contributed by atoms with Crippen molar-refractivity contribution in [1.82, 2.24) is 15.5 Å². The summed E-state index contributed by atoms with van der Waals surface area (Å²) in [7, 11) is 0. The van der Waals surface area contributed by atoms with Gasteiger partial charge in [-0.05, 0) is 46.7 Å². The molecule has 0 radical (unpaired) electrons. The Morgan fingerprint density at radius 2 is 1.79 bits per heavy atom. The predicted molar refractivity (Wildman–Crippen MR) is 77.4 cm³/mol. The summed E-state index contributed by atoms with van der Waals surface area (Å²) in [5.74, 6) is 0. The van der Waals surface area contributed by atoms with Crippen molar-refractivity contribution >= 4 is 6.09 Å². The molecule has 1 amide bonds. The average molecular weight is 271 g/mol. The highest BCUT2D eigenvalue weighted by Gasteiger charge is 2.15. The van der Waals surface area contributed by atoms with Crippen LogP contribution < -0.4 is 10.6 Å². The fourth-order valence-electron chi connectivity index (χ4n) is 2.11. The van der Waals surface area contributed by atoms with Gasteiger partial charge in [-0.25, -0.2) is 4.79 Å². The first-order valence-corrected chi connectivity index (χ1v) is 7.37. The summed E-state index contributed by atoms with van der Waals surface area (Å²) in [6.07, 6.45) is 3.70. The molecule has 1 aliphatic heterocycles. The quantitative estimate of drug-likeness (QED) is 0.720. The van der Waals surface area contributed by atoms with Crippen molar-refractivity contribution in [2.75, 3.05) is 39.3 Å². The van der Waals surface area contributed by atoms with Crippen LogP contribution in [0.1, 0.15) is 40.0 Å². The second-order valence-corrected chi connectivity index (χ2v) is 6.08.